The molecule has 0 bridgehead atoms. The van der Waals surface area contributed by atoms with Crippen molar-refractivity contribution in [3.05, 3.63) is 82.0 Å². The van der Waals surface area contributed by atoms with E-state index in [4.69, 9.17) is 9.26 Å². The van der Waals surface area contributed by atoms with Crippen LogP contribution in [0.15, 0.2) is 68.3 Å². The van der Waals surface area contributed by atoms with Crippen LogP contribution in [0.5, 0.6) is 5.75 Å². The number of benzene rings is 2. The lowest BCUT2D eigenvalue weighted by Gasteiger charge is -2.06. The first-order valence-corrected chi connectivity index (χ1v) is 11.8. The fourth-order valence-electron chi connectivity index (χ4n) is 3.29. The molecule has 8 nitrogen and oxygen atoms in total. The van der Waals surface area contributed by atoms with Gasteiger partial charge < -0.3 is 14.6 Å². The maximum absolute atomic E-state index is 12.6. The number of anilines is 1. The Labute approximate surface area is 196 Å². The van der Waals surface area contributed by atoms with Crippen LogP contribution in [0.2, 0.25) is 0 Å². The minimum absolute atomic E-state index is 0.213. The summed E-state index contributed by atoms with van der Waals surface area (Å²) in [6, 6.07) is 15.8. The predicted octanol–water partition coefficient (Wildman–Crippen LogP) is 4.76. The topological polar surface area (TPSA) is 98.7 Å². The van der Waals surface area contributed by atoms with Crippen LogP contribution in [0.25, 0.3) is 15.9 Å². The summed E-state index contributed by atoms with van der Waals surface area (Å²) < 4.78 is 13.5. The number of carbonyl (C=O) groups excluding carboxylic acids is 1. The number of thioether (sulfide) groups is 1. The number of fused-ring (bicyclic) bond motifs is 2. The van der Waals surface area contributed by atoms with E-state index in [0.717, 1.165) is 14.6 Å². The Morgan fingerprint density at radius 2 is 2.06 bits per heavy atom. The zero-order valence-corrected chi connectivity index (χ0v) is 19.3. The van der Waals surface area contributed by atoms with Gasteiger partial charge in [-0.25, -0.2) is 9.97 Å². The van der Waals surface area contributed by atoms with Gasteiger partial charge in [-0.15, -0.1) is 15.9 Å². The number of nitrogens with zero attached hydrogens (tertiary/aromatic N) is 3. The van der Waals surface area contributed by atoms with Gasteiger partial charge in [0.15, 0.2) is 9.99 Å². The van der Waals surface area contributed by atoms with Gasteiger partial charge in [-0.05, 0) is 43.3 Å². The molecular weight excluding hydrogens is 460 g/mol. The smallest absolute Gasteiger partial charge is 0.287 e. The lowest BCUT2D eigenvalue weighted by Crippen LogP contribution is -2.12. The zero-order valence-electron chi connectivity index (χ0n) is 17.7. The van der Waals surface area contributed by atoms with E-state index in [0.29, 0.717) is 39.9 Å². The quantitative estimate of drug-likeness (QED) is 0.351. The fourth-order valence-corrected chi connectivity index (χ4v) is 5.29. The highest BCUT2D eigenvalue weighted by atomic mass is 32.2. The van der Waals surface area contributed by atoms with Crippen LogP contribution in [-0.2, 0) is 5.75 Å². The molecule has 0 fully saturated rings. The number of amides is 1. The summed E-state index contributed by atoms with van der Waals surface area (Å²) in [5.74, 6) is 1.55. The molecule has 0 radical (unpaired) electrons. The molecule has 3 heterocycles. The highest BCUT2D eigenvalue weighted by Crippen LogP contribution is 2.32. The van der Waals surface area contributed by atoms with Crippen LogP contribution in [-0.4, -0.2) is 27.6 Å². The molecule has 3 aromatic heterocycles. The molecule has 0 spiro atoms. The zero-order chi connectivity index (χ0) is 22.9. The van der Waals surface area contributed by atoms with E-state index < -0.39 is 0 Å². The second kappa shape index (κ2) is 8.72. The van der Waals surface area contributed by atoms with E-state index in [1.807, 2.05) is 18.2 Å². The summed E-state index contributed by atoms with van der Waals surface area (Å²) in [7, 11) is 1.57. The number of thiazole rings is 1. The van der Waals surface area contributed by atoms with Gasteiger partial charge in [0.2, 0.25) is 0 Å². The molecule has 1 amide bonds. The van der Waals surface area contributed by atoms with Crippen molar-refractivity contribution in [3.63, 3.8) is 0 Å². The molecule has 0 aliphatic rings. The Kier molecular flexibility index (Phi) is 5.61. The Morgan fingerprint density at radius 1 is 1.18 bits per heavy atom. The molecule has 5 rings (SSSR count). The van der Waals surface area contributed by atoms with Crippen LogP contribution in [0.1, 0.15) is 21.8 Å². The summed E-state index contributed by atoms with van der Waals surface area (Å²) in [6.45, 7) is 1.77. The standard InChI is InChI=1S/C23H18N4O4S2/c1-13-8-20-24-16(11-21(28)27(20)31-13)12-32-23-26-18-7-6-15(10-19(18)33-23)25-22(29)14-4-3-5-17(9-14)30-2/h3-11H,12H2,1-2H3,(H,25,29). The lowest BCUT2D eigenvalue weighted by atomic mass is 10.2. The van der Waals surface area contributed by atoms with Crippen LogP contribution < -0.4 is 15.6 Å². The van der Waals surface area contributed by atoms with Crippen molar-refractivity contribution in [2.24, 2.45) is 0 Å². The number of rotatable bonds is 6. The number of hydrogen-bond donors (Lipinski definition) is 1. The van der Waals surface area contributed by atoms with E-state index in [1.165, 1.54) is 33.7 Å². The fraction of sp³-hybridized carbons (Fsp3) is 0.130. The first kappa shape index (κ1) is 21.2. The van der Waals surface area contributed by atoms with E-state index in [-0.39, 0.29) is 11.5 Å². The number of aromatic nitrogens is 3. The Hall–Kier alpha value is -3.63. The predicted molar refractivity (Wildman–Crippen MR) is 129 cm³/mol. The third kappa shape index (κ3) is 4.48. The largest absolute Gasteiger partial charge is 0.497 e. The van der Waals surface area contributed by atoms with Crippen LogP contribution in [0.4, 0.5) is 5.69 Å². The van der Waals surface area contributed by atoms with Gasteiger partial charge in [-0.2, -0.15) is 0 Å². The molecule has 0 saturated heterocycles. The summed E-state index contributed by atoms with van der Waals surface area (Å²) in [5.41, 5.74) is 2.96. The maximum Gasteiger partial charge on any atom is 0.287 e. The summed E-state index contributed by atoms with van der Waals surface area (Å²) in [4.78, 5) is 33.9. The van der Waals surface area contributed by atoms with E-state index in [9.17, 15) is 9.59 Å². The molecule has 0 atom stereocenters. The minimum atomic E-state index is -0.246. The average Bonchev–Trinajstić information content (AvgIpc) is 3.40. The molecule has 0 saturated carbocycles. The molecule has 5 aromatic rings. The molecule has 0 aliphatic heterocycles. The number of aryl methyl sites for hydroxylation is 1. The van der Waals surface area contributed by atoms with Crippen molar-refractivity contribution in [2.75, 3.05) is 12.4 Å². The van der Waals surface area contributed by atoms with Crippen LogP contribution >= 0.6 is 23.1 Å². The maximum atomic E-state index is 12.6. The molecule has 1 N–H and O–H groups in total. The number of ether oxygens (including phenoxy) is 1. The lowest BCUT2D eigenvalue weighted by molar-refractivity contribution is 0.102. The second-order valence-corrected chi connectivity index (χ2v) is 9.47. The van der Waals surface area contributed by atoms with Gasteiger partial charge in [0.05, 0.1) is 23.0 Å². The normalized spacial score (nSPS) is 11.2. The van der Waals surface area contributed by atoms with Crippen LogP contribution in [0, 0.1) is 6.92 Å². The van der Waals surface area contributed by atoms with E-state index in [1.54, 1.807) is 44.4 Å². The van der Waals surface area contributed by atoms with Crippen molar-refractivity contribution in [1.29, 1.82) is 0 Å². The van der Waals surface area contributed by atoms with Crippen molar-refractivity contribution >= 4 is 50.6 Å². The molecule has 0 aliphatic carbocycles. The molecular formula is C23H18N4O4S2. The third-order valence-corrected chi connectivity index (χ3v) is 7.02. The second-order valence-electron chi connectivity index (χ2n) is 7.22. The summed E-state index contributed by atoms with van der Waals surface area (Å²) in [5, 5.41) is 2.92. The van der Waals surface area contributed by atoms with Crippen molar-refractivity contribution in [3.8, 4) is 5.75 Å². The van der Waals surface area contributed by atoms with Gasteiger partial charge in [-0.3, -0.25) is 9.59 Å². The number of methoxy groups -OCH3 is 1. The Morgan fingerprint density at radius 3 is 2.91 bits per heavy atom. The third-order valence-electron chi connectivity index (χ3n) is 4.83. The Bertz CT molecular complexity index is 1550. The first-order chi connectivity index (χ1) is 16.0. The molecule has 166 valence electrons. The monoisotopic (exact) mass is 478 g/mol. The minimum Gasteiger partial charge on any atom is -0.497 e. The highest BCUT2D eigenvalue weighted by Gasteiger charge is 2.11. The van der Waals surface area contributed by atoms with Gasteiger partial charge >= 0.3 is 0 Å². The molecule has 33 heavy (non-hydrogen) atoms. The van der Waals surface area contributed by atoms with Crippen molar-refractivity contribution in [2.45, 2.75) is 17.0 Å². The highest BCUT2D eigenvalue weighted by molar-refractivity contribution is 8.00. The van der Waals surface area contributed by atoms with Gasteiger partial charge in [0, 0.05) is 29.1 Å². The molecule has 10 heteroatoms. The number of hydrogen-bond acceptors (Lipinski definition) is 8. The van der Waals surface area contributed by atoms with Gasteiger partial charge in [-0.1, -0.05) is 17.8 Å². The summed E-state index contributed by atoms with van der Waals surface area (Å²) in [6.07, 6.45) is 0. The molecule has 2 aromatic carbocycles. The SMILES string of the molecule is COc1cccc(C(=O)Nc2ccc3nc(SCc4cc(=O)n5oc(C)cc5n4)sc3c2)c1. The van der Waals surface area contributed by atoms with Crippen LogP contribution in [0.3, 0.4) is 0 Å². The first-order valence-electron chi connectivity index (χ1n) is 9.97. The molecule has 0 unspecified atom stereocenters. The van der Waals surface area contributed by atoms with Gasteiger partial charge in [0.1, 0.15) is 11.5 Å². The van der Waals surface area contributed by atoms with E-state index in [2.05, 4.69) is 15.3 Å². The number of nitrogens with one attached hydrogen (secondary N) is 1. The Balaban J connectivity index is 1.31. The van der Waals surface area contributed by atoms with Crippen molar-refractivity contribution < 1.29 is 14.1 Å². The van der Waals surface area contributed by atoms with Crippen molar-refractivity contribution in [1.82, 2.24) is 14.5 Å². The van der Waals surface area contributed by atoms with E-state index >= 15 is 0 Å². The number of carbonyl (C=O) groups is 1. The summed E-state index contributed by atoms with van der Waals surface area (Å²) >= 11 is 3.03. The van der Waals surface area contributed by atoms with Gasteiger partial charge in [0.25, 0.3) is 11.5 Å². The average molecular weight is 479 g/mol.